The van der Waals surface area contributed by atoms with Crippen molar-refractivity contribution in [2.45, 2.75) is 24.4 Å². The Morgan fingerprint density at radius 2 is 1.97 bits per heavy atom. The van der Waals surface area contributed by atoms with Gasteiger partial charge in [0.2, 0.25) is 5.01 Å². The van der Waals surface area contributed by atoms with E-state index in [1.807, 2.05) is 55.5 Å². The number of aryl methyl sites for hydroxylation is 1. The number of benzene rings is 2. The largest absolute Gasteiger partial charge is 0.346 e. The minimum Gasteiger partial charge on any atom is -0.346 e. The van der Waals surface area contributed by atoms with Crippen LogP contribution < -0.4 is 10.9 Å². The molecule has 30 heavy (non-hydrogen) atoms. The van der Waals surface area contributed by atoms with Gasteiger partial charge in [0.1, 0.15) is 5.01 Å². The van der Waals surface area contributed by atoms with Crippen molar-refractivity contribution in [3.63, 3.8) is 0 Å². The number of carbonyl (C=O) groups excluding carboxylic acids is 1. The van der Waals surface area contributed by atoms with Crippen molar-refractivity contribution in [2.75, 3.05) is 0 Å². The standard InChI is InChI=1S/C21H19N5O2S2/c1-13-8-9-16-15(10-13)20(28)26(2)21(23-16)29-12-17-24-25-19(30-17)18(27)22-11-14-6-4-3-5-7-14/h3-10H,11-12H2,1-2H3,(H,22,27). The number of nitrogens with zero attached hydrogens (tertiary/aromatic N) is 4. The molecule has 4 rings (SSSR count). The highest BCUT2D eigenvalue weighted by atomic mass is 32.2. The Morgan fingerprint density at radius 1 is 1.17 bits per heavy atom. The molecule has 7 nitrogen and oxygen atoms in total. The topological polar surface area (TPSA) is 89.8 Å². The first-order chi connectivity index (χ1) is 14.5. The molecule has 1 N–H and O–H groups in total. The van der Waals surface area contributed by atoms with E-state index in [1.54, 1.807) is 11.6 Å². The highest BCUT2D eigenvalue weighted by Crippen LogP contribution is 2.23. The van der Waals surface area contributed by atoms with Gasteiger partial charge in [-0.3, -0.25) is 14.2 Å². The average molecular weight is 438 g/mol. The summed E-state index contributed by atoms with van der Waals surface area (Å²) in [5.41, 5.74) is 2.63. The molecule has 1 amide bonds. The summed E-state index contributed by atoms with van der Waals surface area (Å²) < 4.78 is 1.54. The summed E-state index contributed by atoms with van der Waals surface area (Å²) in [7, 11) is 1.71. The van der Waals surface area contributed by atoms with Gasteiger partial charge in [-0.15, -0.1) is 10.2 Å². The summed E-state index contributed by atoms with van der Waals surface area (Å²) in [4.78, 5) is 29.5. The Kier molecular flexibility index (Phi) is 5.91. The average Bonchev–Trinajstić information content (AvgIpc) is 3.24. The van der Waals surface area contributed by atoms with E-state index in [4.69, 9.17) is 0 Å². The highest BCUT2D eigenvalue weighted by Gasteiger charge is 2.14. The molecule has 9 heteroatoms. The molecule has 152 valence electrons. The van der Waals surface area contributed by atoms with Gasteiger partial charge in [-0.25, -0.2) is 4.98 Å². The van der Waals surface area contributed by atoms with Crippen molar-refractivity contribution in [2.24, 2.45) is 7.05 Å². The molecule has 0 saturated heterocycles. The second-order valence-corrected chi connectivity index (χ2v) is 8.74. The van der Waals surface area contributed by atoms with Crippen LogP contribution in [0.25, 0.3) is 10.9 Å². The zero-order valence-electron chi connectivity index (χ0n) is 16.5. The number of fused-ring (bicyclic) bond motifs is 1. The van der Waals surface area contributed by atoms with Crippen LogP contribution in [0.15, 0.2) is 58.5 Å². The van der Waals surface area contributed by atoms with Crippen molar-refractivity contribution in [3.8, 4) is 0 Å². The number of carbonyl (C=O) groups is 1. The molecule has 0 radical (unpaired) electrons. The summed E-state index contributed by atoms with van der Waals surface area (Å²) in [5.74, 6) is 0.223. The van der Waals surface area contributed by atoms with E-state index in [2.05, 4.69) is 20.5 Å². The van der Waals surface area contributed by atoms with Gasteiger partial charge >= 0.3 is 0 Å². The van der Waals surface area contributed by atoms with Crippen LogP contribution in [0.2, 0.25) is 0 Å². The van der Waals surface area contributed by atoms with Gasteiger partial charge < -0.3 is 5.32 Å². The van der Waals surface area contributed by atoms with Crippen LogP contribution in [0.4, 0.5) is 0 Å². The van der Waals surface area contributed by atoms with Crippen LogP contribution in [-0.4, -0.2) is 25.7 Å². The summed E-state index contributed by atoms with van der Waals surface area (Å²) in [6, 6.07) is 15.3. The molecule has 0 bridgehead atoms. The Labute approximate surface area is 181 Å². The van der Waals surface area contributed by atoms with Crippen LogP contribution in [0.3, 0.4) is 0 Å². The van der Waals surface area contributed by atoms with Gasteiger partial charge in [0.25, 0.3) is 11.5 Å². The SMILES string of the molecule is Cc1ccc2nc(SCc3nnc(C(=O)NCc4ccccc4)s3)n(C)c(=O)c2c1. The van der Waals surface area contributed by atoms with E-state index >= 15 is 0 Å². The minimum absolute atomic E-state index is 0.0792. The molecular formula is C21H19N5O2S2. The number of hydrogen-bond donors (Lipinski definition) is 1. The van der Waals surface area contributed by atoms with Crippen molar-refractivity contribution < 1.29 is 4.79 Å². The molecular weight excluding hydrogens is 418 g/mol. The third kappa shape index (κ3) is 4.42. The van der Waals surface area contributed by atoms with Crippen LogP contribution in [0.1, 0.15) is 25.9 Å². The maximum Gasteiger partial charge on any atom is 0.282 e. The summed E-state index contributed by atoms with van der Waals surface area (Å²) in [6.07, 6.45) is 0. The van der Waals surface area contributed by atoms with Crippen molar-refractivity contribution >= 4 is 39.9 Å². The number of thioether (sulfide) groups is 1. The smallest absolute Gasteiger partial charge is 0.282 e. The molecule has 0 atom stereocenters. The molecule has 0 fully saturated rings. The summed E-state index contributed by atoms with van der Waals surface area (Å²) >= 11 is 2.64. The van der Waals surface area contributed by atoms with Gasteiger partial charge in [-0.1, -0.05) is 65.1 Å². The van der Waals surface area contributed by atoms with Gasteiger partial charge in [-0.05, 0) is 24.6 Å². The highest BCUT2D eigenvalue weighted by molar-refractivity contribution is 7.98. The van der Waals surface area contributed by atoms with Crippen LogP contribution in [-0.2, 0) is 19.3 Å². The van der Waals surface area contributed by atoms with E-state index in [9.17, 15) is 9.59 Å². The molecule has 2 aromatic carbocycles. The molecule has 0 spiro atoms. The molecule has 0 aliphatic heterocycles. The molecule has 0 saturated carbocycles. The molecule has 0 aliphatic rings. The normalized spacial score (nSPS) is 11.0. The molecule has 0 unspecified atom stereocenters. The molecule has 2 aromatic heterocycles. The fourth-order valence-electron chi connectivity index (χ4n) is 2.88. The molecule has 4 aromatic rings. The zero-order chi connectivity index (χ0) is 21.1. The van der Waals surface area contributed by atoms with E-state index < -0.39 is 0 Å². The van der Waals surface area contributed by atoms with Gasteiger partial charge in [0, 0.05) is 13.6 Å². The van der Waals surface area contributed by atoms with Crippen molar-refractivity contribution in [3.05, 3.63) is 80.0 Å². The third-order valence-corrected chi connectivity index (χ3v) is 6.62. The Morgan fingerprint density at radius 3 is 2.77 bits per heavy atom. The Balaban J connectivity index is 1.43. The predicted octanol–water partition coefficient (Wildman–Crippen LogP) is 3.32. The lowest BCUT2D eigenvalue weighted by Crippen LogP contribution is -2.22. The fraction of sp³-hybridized carbons (Fsp3) is 0.190. The third-order valence-electron chi connectivity index (χ3n) is 4.47. The van der Waals surface area contributed by atoms with E-state index in [-0.39, 0.29) is 11.5 Å². The Bertz CT molecular complexity index is 1270. The Hall–Kier alpha value is -3.04. The van der Waals surface area contributed by atoms with E-state index in [1.165, 1.54) is 23.1 Å². The fourth-order valence-corrected chi connectivity index (χ4v) is 4.59. The lowest BCUT2D eigenvalue weighted by atomic mass is 10.2. The van der Waals surface area contributed by atoms with Crippen LogP contribution in [0, 0.1) is 6.92 Å². The van der Waals surface area contributed by atoms with Crippen LogP contribution in [0.5, 0.6) is 0 Å². The number of aromatic nitrogens is 4. The number of nitrogens with one attached hydrogen (secondary N) is 1. The lowest BCUT2D eigenvalue weighted by molar-refractivity contribution is 0.0950. The van der Waals surface area contributed by atoms with Gasteiger partial charge in [0.15, 0.2) is 5.16 Å². The number of amides is 1. The predicted molar refractivity (Wildman–Crippen MR) is 119 cm³/mol. The second-order valence-electron chi connectivity index (χ2n) is 6.74. The van der Waals surface area contributed by atoms with Crippen molar-refractivity contribution in [1.29, 1.82) is 0 Å². The van der Waals surface area contributed by atoms with Gasteiger partial charge in [0.05, 0.1) is 16.7 Å². The number of rotatable bonds is 6. The number of hydrogen-bond acceptors (Lipinski definition) is 7. The van der Waals surface area contributed by atoms with E-state index in [0.29, 0.717) is 38.4 Å². The van der Waals surface area contributed by atoms with Crippen LogP contribution >= 0.6 is 23.1 Å². The minimum atomic E-state index is -0.251. The monoisotopic (exact) mass is 437 g/mol. The first-order valence-corrected chi connectivity index (χ1v) is 11.1. The molecule has 0 aliphatic carbocycles. The van der Waals surface area contributed by atoms with Crippen molar-refractivity contribution in [1.82, 2.24) is 25.1 Å². The summed E-state index contributed by atoms with van der Waals surface area (Å²) in [5, 5.41) is 13.2. The summed E-state index contributed by atoms with van der Waals surface area (Å²) in [6.45, 7) is 2.39. The van der Waals surface area contributed by atoms with E-state index in [0.717, 1.165) is 11.1 Å². The lowest BCUT2D eigenvalue weighted by Gasteiger charge is -2.08. The zero-order valence-corrected chi connectivity index (χ0v) is 18.1. The first kappa shape index (κ1) is 20.2. The maximum absolute atomic E-state index is 12.6. The van der Waals surface area contributed by atoms with Gasteiger partial charge in [-0.2, -0.15) is 0 Å². The maximum atomic E-state index is 12.6. The molecule has 2 heterocycles. The quantitative estimate of drug-likeness (QED) is 0.368. The first-order valence-electron chi connectivity index (χ1n) is 9.26. The second kappa shape index (κ2) is 8.76.